The number of carbonyl (C=O) groups is 2. The molecule has 0 saturated heterocycles. The van der Waals surface area contributed by atoms with Gasteiger partial charge in [-0.25, -0.2) is 9.59 Å². The van der Waals surface area contributed by atoms with Crippen LogP contribution in [-0.4, -0.2) is 17.0 Å². The summed E-state index contributed by atoms with van der Waals surface area (Å²) in [6, 6.07) is 16.9. The summed E-state index contributed by atoms with van der Waals surface area (Å²) in [6.07, 6.45) is 1.24. The Hall–Kier alpha value is -2.88. The Kier molecular flexibility index (Phi) is 4.29. The minimum absolute atomic E-state index is 0.244. The third-order valence-electron chi connectivity index (χ3n) is 2.51. The van der Waals surface area contributed by atoms with E-state index in [4.69, 9.17) is 0 Å². The molecular weight excluding hydrogens is 256 g/mol. The van der Waals surface area contributed by atoms with Crippen LogP contribution in [0, 0.1) is 0 Å². The highest BCUT2D eigenvalue weighted by Crippen LogP contribution is 2.08. The average Bonchev–Trinajstić information content (AvgIpc) is 2.49. The van der Waals surface area contributed by atoms with Crippen molar-refractivity contribution in [1.82, 2.24) is 0 Å². The van der Waals surface area contributed by atoms with E-state index in [1.54, 1.807) is 42.5 Å². The average molecular weight is 268 g/mol. The minimum Gasteiger partial charge on any atom is -0.502 e. The number of aliphatic hydroxyl groups excluding tert-OH is 1. The second-order valence-corrected chi connectivity index (χ2v) is 3.98. The van der Waals surface area contributed by atoms with E-state index < -0.39 is 17.7 Å². The van der Waals surface area contributed by atoms with Crippen LogP contribution in [0.1, 0.15) is 15.9 Å². The zero-order valence-electron chi connectivity index (χ0n) is 10.5. The summed E-state index contributed by atoms with van der Waals surface area (Å²) >= 11 is 0. The van der Waals surface area contributed by atoms with Gasteiger partial charge in [-0.3, -0.25) is 0 Å². The molecule has 2 aromatic carbocycles. The molecule has 0 radical (unpaired) electrons. The monoisotopic (exact) mass is 268 g/mol. The third kappa shape index (κ3) is 3.55. The second kappa shape index (κ2) is 6.33. The number of aliphatic hydroxyl groups is 1. The van der Waals surface area contributed by atoms with Gasteiger partial charge in [0.1, 0.15) is 0 Å². The Morgan fingerprint density at radius 3 is 2.05 bits per heavy atom. The molecule has 0 amide bonds. The summed E-state index contributed by atoms with van der Waals surface area (Å²) in [4.78, 5) is 23.2. The molecule has 0 aliphatic heterocycles. The first kappa shape index (κ1) is 13.5. The third-order valence-corrected chi connectivity index (χ3v) is 2.51. The fourth-order valence-electron chi connectivity index (χ4n) is 1.54. The van der Waals surface area contributed by atoms with Crippen LogP contribution in [0.25, 0.3) is 6.08 Å². The SMILES string of the molecule is O=C(OC(=O)c1ccccc1)C(O)=Cc1ccccc1. The van der Waals surface area contributed by atoms with Crippen LogP contribution < -0.4 is 0 Å². The summed E-state index contributed by atoms with van der Waals surface area (Å²) < 4.78 is 4.57. The second-order valence-electron chi connectivity index (χ2n) is 3.98. The lowest BCUT2D eigenvalue weighted by atomic mass is 10.2. The summed E-state index contributed by atoms with van der Waals surface area (Å²) in [7, 11) is 0. The van der Waals surface area contributed by atoms with Crippen LogP contribution >= 0.6 is 0 Å². The summed E-state index contributed by atoms with van der Waals surface area (Å²) in [5.74, 6) is -2.51. The molecule has 100 valence electrons. The first-order valence-corrected chi connectivity index (χ1v) is 5.94. The molecule has 0 saturated carbocycles. The van der Waals surface area contributed by atoms with Crippen molar-refractivity contribution in [2.45, 2.75) is 0 Å². The maximum absolute atomic E-state index is 11.6. The molecule has 4 nitrogen and oxygen atoms in total. The van der Waals surface area contributed by atoms with Crippen molar-refractivity contribution in [2.75, 3.05) is 0 Å². The Labute approximate surface area is 115 Å². The van der Waals surface area contributed by atoms with Gasteiger partial charge in [0.15, 0.2) is 0 Å². The van der Waals surface area contributed by atoms with E-state index in [-0.39, 0.29) is 5.56 Å². The molecule has 1 N–H and O–H groups in total. The van der Waals surface area contributed by atoms with Crippen molar-refractivity contribution in [3.05, 3.63) is 77.5 Å². The van der Waals surface area contributed by atoms with E-state index in [0.717, 1.165) is 0 Å². The molecule has 0 bridgehead atoms. The zero-order valence-corrected chi connectivity index (χ0v) is 10.5. The fraction of sp³-hybridized carbons (Fsp3) is 0. The number of rotatable bonds is 3. The maximum Gasteiger partial charge on any atom is 0.381 e. The van der Waals surface area contributed by atoms with E-state index in [0.29, 0.717) is 5.56 Å². The maximum atomic E-state index is 11.6. The highest BCUT2D eigenvalue weighted by Gasteiger charge is 2.16. The van der Waals surface area contributed by atoms with Crippen molar-refractivity contribution in [3.63, 3.8) is 0 Å². The van der Waals surface area contributed by atoms with E-state index in [1.165, 1.54) is 18.2 Å². The van der Waals surface area contributed by atoms with Crippen LogP contribution in [0.5, 0.6) is 0 Å². The van der Waals surface area contributed by atoms with Gasteiger partial charge in [-0.05, 0) is 23.8 Å². The highest BCUT2D eigenvalue weighted by atomic mass is 16.6. The lowest BCUT2D eigenvalue weighted by molar-refractivity contribution is -0.136. The quantitative estimate of drug-likeness (QED) is 0.402. The van der Waals surface area contributed by atoms with Gasteiger partial charge in [0.2, 0.25) is 5.76 Å². The number of ether oxygens (including phenoxy) is 1. The van der Waals surface area contributed by atoms with Crippen LogP contribution in [-0.2, 0) is 9.53 Å². The number of hydrogen-bond acceptors (Lipinski definition) is 4. The topological polar surface area (TPSA) is 63.6 Å². The summed E-state index contributed by atoms with van der Waals surface area (Å²) in [6.45, 7) is 0. The van der Waals surface area contributed by atoms with Crippen LogP contribution in [0.4, 0.5) is 0 Å². The van der Waals surface area contributed by atoms with Gasteiger partial charge < -0.3 is 9.84 Å². The van der Waals surface area contributed by atoms with E-state index in [9.17, 15) is 14.7 Å². The molecule has 0 spiro atoms. The number of hydrogen-bond donors (Lipinski definition) is 1. The Balaban J connectivity index is 2.05. The van der Waals surface area contributed by atoms with Gasteiger partial charge in [-0.2, -0.15) is 0 Å². The van der Waals surface area contributed by atoms with E-state index in [2.05, 4.69) is 4.74 Å². The predicted octanol–water partition coefficient (Wildman–Crippen LogP) is 2.97. The Morgan fingerprint density at radius 2 is 1.45 bits per heavy atom. The number of esters is 2. The van der Waals surface area contributed by atoms with Crippen molar-refractivity contribution < 1.29 is 19.4 Å². The largest absolute Gasteiger partial charge is 0.502 e. The molecule has 2 rings (SSSR count). The normalized spacial score (nSPS) is 10.9. The summed E-state index contributed by atoms with van der Waals surface area (Å²) in [5.41, 5.74) is 0.877. The molecule has 2 aromatic rings. The predicted molar refractivity (Wildman–Crippen MR) is 73.9 cm³/mol. The Bertz CT molecular complexity index is 630. The molecule has 0 unspecified atom stereocenters. The van der Waals surface area contributed by atoms with Crippen molar-refractivity contribution in [3.8, 4) is 0 Å². The zero-order chi connectivity index (χ0) is 14.4. The van der Waals surface area contributed by atoms with Gasteiger partial charge in [0.25, 0.3) is 0 Å². The van der Waals surface area contributed by atoms with Crippen LogP contribution in [0.2, 0.25) is 0 Å². The van der Waals surface area contributed by atoms with Crippen LogP contribution in [0.3, 0.4) is 0 Å². The van der Waals surface area contributed by atoms with Crippen molar-refractivity contribution >= 4 is 18.0 Å². The number of carbonyl (C=O) groups excluding carboxylic acids is 2. The molecule has 0 atom stereocenters. The molecule has 0 fully saturated rings. The van der Waals surface area contributed by atoms with Gasteiger partial charge in [0, 0.05) is 0 Å². The first-order chi connectivity index (χ1) is 9.66. The molecular formula is C16H12O4. The summed E-state index contributed by atoms with van der Waals surface area (Å²) in [5, 5.41) is 9.60. The lowest BCUT2D eigenvalue weighted by Gasteiger charge is -2.02. The van der Waals surface area contributed by atoms with Gasteiger partial charge >= 0.3 is 11.9 Å². The molecule has 0 heterocycles. The molecule has 0 aliphatic rings. The molecule has 4 heteroatoms. The number of benzene rings is 2. The molecule has 20 heavy (non-hydrogen) atoms. The van der Waals surface area contributed by atoms with E-state index >= 15 is 0 Å². The Morgan fingerprint density at radius 1 is 0.900 bits per heavy atom. The standard InChI is InChI=1S/C16H12O4/c17-14(11-12-7-3-1-4-8-12)16(19)20-15(18)13-9-5-2-6-10-13/h1-11,17H. The van der Waals surface area contributed by atoms with E-state index in [1.807, 2.05) is 6.07 Å². The lowest BCUT2D eigenvalue weighted by Crippen LogP contribution is -2.14. The van der Waals surface area contributed by atoms with Gasteiger partial charge in [-0.1, -0.05) is 48.5 Å². The van der Waals surface area contributed by atoms with Crippen LogP contribution in [0.15, 0.2) is 66.4 Å². The van der Waals surface area contributed by atoms with Crippen molar-refractivity contribution in [1.29, 1.82) is 0 Å². The highest BCUT2D eigenvalue weighted by molar-refractivity contribution is 6.02. The smallest absolute Gasteiger partial charge is 0.381 e. The van der Waals surface area contributed by atoms with Gasteiger partial charge in [0.05, 0.1) is 5.56 Å². The first-order valence-electron chi connectivity index (χ1n) is 5.94. The van der Waals surface area contributed by atoms with Gasteiger partial charge in [-0.15, -0.1) is 0 Å². The molecule has 0 aliphatic carbocycles. The fourth-order valence-corrected chi connectivity index (χ4v) is 1.54. The molecule has 0 aromatic heterocycles. The minimum atomic E-state index is -1.08. The van der Waals surface area contributed by atoms with Crippen molar-refractivity contribution in [2.24, 2.45) is 0 Å².